The first-order valence-corrected chi connectivity index (χ1v) is 7.83. The van der Waals surface area contributed by atoms with E-state index in [4.69, 9.17) is 9.47 Å². The van der Waals surface area contributed by atoms with Gasteiger partial charge in [-0.25, -0.2) is 9.59 Å². The lowest BCUT2D eigenvalue weighted by Crippen LogP contribution is -2.44. The Balaban J connectivity index is 2.31. The first-order chi connectivity index (χ1) is 11.8. The zero-order chi connectivity index (χ0) is 18.8. The third kappa shape index (κ3) is 7.96. The molecule has 2 N–H and O–H groups in total. The molecular weight excluding hydrogens is 328 g/mol. The van der Waals surface area contributed by atoms with E-state index in [0.717, 1.165) is 0 Å². The maximum absolute atomic E-state index is 11.5. The summed E-state index contributed by atoms with van der Waals surface area (Å²) in [7, 11) is 0. The number of amides is 3. The molecule has 1 rings (SSSR count). The summed E-state index contributed by atoms with van der Waals surface area (Å²) in [4.78, 5) is 45.7. The number of Topliss-reactive ketones (excluding diaryl/α,β-unsaturated/α-hetero) is 1. The highest BCUT2D eigenvalue weighted by Gasteiger charge is 2.12. The molecule has 0 aliphatic rings. The van der Waals surface area contributed by atoms with Gasteiger partial charge in [0.1, 0.15) is 5.75 Å². The van der Waals surface area contributed by atoms with E-state index in [0.29, 0.717) is 17.7 Å². The molecule has 3 amide bonds. The number of ether oxygens (including phenoxy) is 2. The summed E-state index contributed by atoms with van der Waals surface area (Å²) in [5, 5.41) is 4.49. The third-order valence-electron chi connectivity index (χ3n) is 2.89. The highest BCUT2D eigenvalue weighted by atomic mass is 16.6. The minimum absolute atomic E-state index is 0.0125. The van der Waals surface area contributed by atoms with Crippen LogP contribution in [0.15, 0.2) is 24.3 Å². The molecular formula is C17H22N2O6. The molecule has 0 saturated heterocycles. The number of urea groups is 1. The van der Waals surface area contributed by atoms with Gasteiger partial charge in [-0.05, 0) is 38.1 Å². The second-order valence-corrected chi connectivity index (χ2v) is 5.43. The fourth-order valence-corrected chi connectivity index (χ4v) is 1.73. The van der Waals surface area contributed by atoms with Crippen molar-refractivity contribution in [3.63, 3.8) is 0 Å². The number of rotatable bonds is 8. The van der Waals surface area contributed by atoms with Gasteiger partial charge in [0.2, 0.25) is 0 Å². The van der Waals surface area contributed by atoms with E-state index in [1.807, 2.05) is 5.32 Å². The predicted molar refractivity (Wildman–Crippen MR) is 89.3 cm³/mol. The molecule has 1 aromatic rings. The van der Waals surface area contributed by atoms with E-state index in [9.17, 15) is 19.2 Å². The van der Waals surface area contributed by atoms with E-state index in [2.05, 4.69) is 5.32 Å². The Kier molecular flexibility index (Phi) is 8.11. The molecule has 136 valence electrons. The van der Waals surface area contributed by atoms with Crippen molar-refractivity contribution in [3.05, 3.63) is 29.8 Å². The Morgan fingerprint density at radius 3 is 2.24 bits per heavy atom. The average Bonchev–Trinajstić information content (AvgIpc) is 2.57. The second kappa shape index (κ2) is 10.1. The van der Waals surface area contributed by atoms with E-state index in [1.165, 1.54) is 0 Å². The lowest BCUT2D eigenvalue weighted by molar-refractivity contribution is -0.150. The number of nitrogens with one attached hydrogen (secondary N) is 2. The van der Waals surface area contributed by atoms with Crippen LogP contribution in [0.1, 0.15) is 37.6 Å². The first-order valence-electron chi connectivity index (χ1n) is 7.83. The van der Waals surface area contributed by atoms with Gasteiger partial charge in [-0.2, -0.15) is 0 Å². The first kappa shape index (κ1) is 20.1. The van der Waals surface area contributed by atoms with Crippen LogP contribution in [0.5, 0.6) is 5.75 Å². The molecule has 0 aliphatic carbocycles. The number of hydrogen-bond donors (Lipinski definition) is 2. The van der Waals surface area contributed by atoms with Gasteiger partial charge in [-0.3, -0.25) is 14.9 Å². The molecule has 0 unspecified atom stereocenters. The largest absolute Gasteiger partial charge is 0.482 e. The van der Waals surface area contributed by atoms with Crippen molar-refractivity contribution in [2.24, 2.45) is 0 Å². The predicted octanol–water partition coefficient (Wildman–Crippen LogP) is 1.44. The average molecular weight is 350 g/mol. The van der Waals surface area contributed by atoms with Gasteiger partial charge in [0.05, 0.1) is 0 Å². The summed E-state index contributed by atoms with van der Waals surface area (Å²) < 4.78 is 9.91. The minimum atomic E-state index is -0.756. The van der Waals surface area contributed by atoms with E-state index in [-0.39, 0.29) is 11.8 Å². The zero-order valence-electron chi connectivity index (χ0n) is 14.5. The summed E-state index contributed by atoms with van der Waals surface area (Å²) in [5.74, 6) is -1.09. The van der Waals surface area contributed by atoms with Crippen LogP contribution in [0.25, 0.3) is 0 Å². The molecule has 0 radical (unpaired) electrons. The van der Waals surface area contributed by atoms with Crippen LogP contribution in [0.2, 0.25) is 0 Å². The number of esters is 1. The Morgan fingerprint density at radius 2 is 1.68 bits per heavy atom. The second-order valence-electron chi connectivity index (χ2n) is 5.43. The topological polar surface area (TPSA) is 111 Å². The maximum atomic E-state index is 11.5. The maximum Gasteiger partial charge on any atom is 0.344 e. The van der Waals surface area contributed by atoms with Gasteiger partial charge in [-0.1, -0.05) is 6.92 Å². The highest BCUT2D eigenvalue weighted by molar-refractivity contribution is 5.96. The quantitative estimate of drug-likeness (QED) is 0.542. The molecule has 0 saturated carbocycles. The van der Waals surface area contributed by atoms with Crippen LogP contribution in [0.3, 0.4) is 0 Å². The molecule has 0 fully saturated rings. The van der Waals surface area contributed by atoms with Gasteiger partial charge in [0.15, 0.2) is 19.0 Å². The molecule has 8 nitrogen and oxygen atoms in total. The highest BCUT2D eigenvalue weighted by Crippen LogP contribution is 2.13. The van der Waals surface area contributed by atoms with Crippen LogP contribution in [0, 0.1) is 0 Å². The standard InChI is InChI=1S/C17H22N2O6/c1-4-14(20)12-5-7-13(8-6-12)24-10-16(22)25-9-15(21)19-17(23)18-11(2)3/h5-8,11H,4,9-10H2,1-3H3,(H2,18,19,21,23). The molecule has 0 atom stereocenters. The number of benzene rings is 1. The van der Waals surface area contributed by atoms with Gasteiger partial charge in [0, 0.05) is 18.0 Å². The van der Waals surface area contributed by atoms with Crippen molar-refractivity contribution in [1.29, 1.82) is 0 Å². The number of carbonyl (C=O) groups is 4. The lowest BCUT2D eigenvalue weighted by Gasteiger charge is -2.10. The van der Waals surface area contributed by atoms with Gasteiger partial charge < -0.3 is 14.8 Å². The monoisotopic (exact) mass is 350 g/mol. The third-order valence-corrected chi connectivity index (χ3v) is 2.89. The Labute approximate surface area is 145 Å². The van der Waals surface area contributed by atoms with E-state index < -0.39 is 31.1 Å². The molecule has 0 aromatic heterocycles. The van der Waals surface area contributed by atoms with Crippen molar-refractivity contribution in [2.45, 2.75) is 33.2 Å². The fraction of sp³-hybridized carbons (Fsp3) is 0.412. The Hall–Kier alpha value is -2.90. The zero-order valence-corrected chi connectivity index (χ0v) is 14.5. The summed E-state index contributed by atoms with van der Waals surface area (Å²) in [6.07, 6.45) is 0.407. The number of hydrogen-bond acceptors (Lipinski definition) is 6. The van der Waals surface area contributed by atoms with Crippen molar-refractivity contribution >= 4 is 23.7 Å². The van der Waals surface area contributed by atoms with Gasteiger partial charge in [-0.15, -0.1) is 0 Å². The summed E-state index contributed by atoms with van der Waals surface area (Å²) in [6, 6.07) is 5.57. The Bertz CT molecular complexity index is 625. The van der Waals surface area contributed by atoms with Crippen molar-refractivity contribution in [2.75, 3.05) is 13.2 Å². The number of imide groups is 1. The minimum Gasteiger partial charge on any atom is -0.482 e. The van der Waals surface area contributed by atoms with Crippen LogP contribution in [-0.2, 0) is 14.3 Å². The lowest BCUT2D eigenvalue weighted by atomic mass is 10.1. The van der Waals surface area contributed by atoms with Crippen LogP contribution < -0.4 is 15.4 Å². The Morgan fingerprint density at radius 1 is 1.04 bits per heavy atom. The molecule has 0 bridgehead atoms. The molecule has 0 aliphatic heterocycles. The SMILES string of the molecule is CCC(=O)c1ccc(OCC(=O)OCC(=O)NC(=O)NC(C)C)cc1. The van der Waals surface area contributed by atoms with Crippen molar-refractivity contribution < 1.29 is 28.7 Å². The van der Waals surface area contributed by atoms with Crippen LogP contribution >= 0.6 is 0 Å². The normalized spacial score (nSPS) is 10.1. The van der Waals surface area contributed by atoms with E-state index in [1.54, 1.807) is 45.0 Å². The van der Waals surface area contributed by atoms with E-state index >= 15 is 0 Å². The summed E-state index contributed by atoms with van der Waals surface area (Å²) >= 11 is 0. The number of ketones is 1. The fourth-order valence-electron chi connectivity index (χ4n) is 1.73. The van der Waals surface area contributed by atoms with Crippen molar-refractivity contribution in [1.82, 2.24) is 10.6 Å². The van der Waals surface area contributed by atoms with Crippen molar-refractivity contribution in [3.8, 4) is 5.75 Å². The van der Waals surface area contributed by atoms with Gasteiger partial charge >= 0.3 is 12.0 Å². The molecule has 25 heavy (non-hydrogen) atoms. The summed E-state index contributed by atoms with van der Waals surface area (Å²) in [6.45, 7) is 4.27. The number of carbonyl (C=O) groups excluding carboxylic acids is 4. The molecule has 0 spiro atoms. The van der Waals surface area contributed by atoms with Crippen LogP contribution in [-0.4, -0.2) is 42.9 Å². The van der Waals surface area contributed by atoms with Gasteiger partial charge in [0.25, 0.3) is 5.91 Å². The summed E-state index contributed by atoms with van der Waals surface area (Å²) in [5.41, 5.74) is 0.564. The molecule has 0 heterocycles. The smallest absolute Gasteiger partial charge is 0.344 e. The molecule has 1 aromatic carbocycles. The van der Waals surface area contributed by atoms with Crippen LogP contribution in [0.4, 0.5) is 4.79 Å². The molecule has 8 heteroatoms.